The molecule has 0 aliphatic heterocycles. The maximum absolute atomic E-state index is 2.54. The number of hydrogen-bond acceptors (Lipinski definition) is 1. The van der Waals surface area contributed by atoms with Crippen LogP contribution in [0.2, 0.25) is 0 Å². The van der Waals surface area contributed by atoms with Gasteiger partial charge in [0.1, 0.15) is 0 Å². The highest BCUT2D eigenvalue weighted by Gasteiger charge is 2.51. The quantitative estimate of drug-likeness (QED) is 0.167. The van der Waals surface area contributed by atoms with Crippen molar-refractivity contribution < 1.29 is 0 Å². The highest BCUT2D eigenvalue weighted by atomic mass is 15.1. The predicted octanol–water partition coefficient (Wildman–Crippen LogP) is 17.7. The lowest BCUT2D eigenvalue weighted by molar-refractivity contribution is 0.775. The van der Waals surface area contributed by atoms with Gasteiger partial charge in [0, 0.05) is 33.5 Å². The van der Waals surface area contributed by atoms with Gasteiger partial charge in [-0.15, -0.1) is 0 Å². The summed E-state index contributed by atoms with van der Waals surface area (Å²) in [6, 6.07) is 95.3. The number of fused-ring (bicyclic) bond motifs is 14. The maximum Gasteiger partial charge on any atom is 0.0732 e. The van der Waals surface area contributed by atoms with Crippen molar-refractivity contribution in [1.29, 1.82) is 0 Å². The largest absolute Gasteiger partial charge is 0.310 e. The lowest BCUT2D eigenvalue weighted by atomic mass is 9.60. The molecule has 2 nitrogen and oxygen atoms in total. The lowest BCUT2D eigenvalue weighted by Gasteiger charge is -2.42. The number of para-hydroxylation sites is 2. The Balaban J connectivity index is 1.06. The summed E-state index contributed by atoms with van der Waals surface area (Å²) >= 11 is 0. The maximum atomic E-state index is 2.54. The zero-order valence-corrected chi connectivity index (χ0v) is 37.6. The van der Waals surface area contributed by atoms with Gasteiger partial charge in [0.15, 0.2) is 0 Å². The van der Waals surface area contributed by atoms with E-state index in [1.807, 2.05) is 0 Å². The number of nitrogens with zero attached hydrogens (tertiary/aromatic N) is 2. The molecule has 12 aromatic carbocycles. The summed E-state index contributed by atoms with van der Waals surface area (Å²) in [4.78, 5) is 2.49. The molecule has 13 aromatic rings. The molecule has 0 amide bonds. The van der Waals surface area contributed by atoms with Crippen LogP contribution in [0, 0.1) is 0 Å². The highest BCUT2D eigenvalue weighted by molar-refractivity contribution is 6.13. The molecule has 0 fully saturated rings. The van der Waals surface area contributed by atoms with Gasteiger partial charge in [-0.3, -0.25) is 0 Å². The fourth-order valence-electron chi connectivity index (χ4n) is 12.5. The van der Waals surface area contributed by atoms with Gasteiger partial charge < -0.3 is 9.47 Å². The molecule has 1 atom stereocenters. The van der Waals surface area contributed by atoms with Crippen molar-refractivity contribution in [3.8, 4) is 39.1 Å². The topological polar surface area (TPSA) is 8.17 Å². The molecule has 69 heavy (non-hydrogen) atoms. The van der Waals surface area contributed by atoms with Crippen LogP contribution >= 0.6 is 0 Å². The van der Waals surface area contributed by atoms with Crippen LogP contribution in [0.4, 0.5) is 17.1 Å². The van der Waals surface area contributed by atoms with Gasteiger partial charge >= 0.3 is 0 Å². The fourth-order valence-corrected chi connectivity index (χ4v) is 12.5. The van der Waals surface area contributed by atoms with Crippen LogP contribution < -0.4 is 4.90 Å². The van der Waals surface area contributed by atoms with Crippen molar-refractivity contribution in [1.82, 2.24) is 4.57 Å². The van der Waals surface area contributed by atoms with E-state index < -0.39 is 5.41 Å². The van der Waals surface area contributed by atoms with E-state index in [2.05, 4.69) is 264 Å². The molecule has 0 saturated carbocycles. The molecule has 1 aromatic heterocycles. The Morgan fingerprint density at radius 1 is 0.290 bits per heavy atom. The molecule has 0 saturated heterocycles. The predicted molar refractivity (Wildman–Crippen MR) is 290 cm³/mol. The number of anilines is 3. The van der Waals surface area contributed by atoms with Crippen molar-refractivity contribution in [2.75, 3.05) is 4.90 Å². The van der Waals surface area contributed by atoms with Crippen molar-refractivity contribution >= 4 is 71.2 Å². The molecule has 2 aliphatic rings. The number of benzene rings is 12. The zero-order chi connectivity index (χ0) is 45.2. The first-order valence-corrected chi connectivity index (χ1v) is 24.0. The monoisotopic (exact) mass is 874 g/mol. The second kappa shape index (κ2) is 14.5. The molecule has 2 heteroatoms. The summed E-state index contributed by atoms with van der Waals surface area (Å²) in [5.41, 5.74) is 19.0. The van der Waals surface area contributed by atoms with Crippen LogP contribution in [0.3, 0.4) is 0 Å². The Labute approximate surface area is 400 Å². The Morgan fingerprint density at radius 2 is 0.826 bits per heavy atom. The molecule has 1 spiro atoms. The summed E-state index contributed by atoms with van der Waals surface area (Å²) in [7, 11) is 0. The van der Waals surface area contributed by atoms with E-state index in [0.717, 1.165) is 22.7 Å². The van der Waals surface area contributed by atoms with Gasteiger partial charge in [-0.25, -0.2) is 0 Å². The average Bonchev–Trinajstić information content (AvgIpc) is 3.90. The Kier molecular flexibility index (Phi) is 8.02. The lowest BCUT2D eigenvalue weighted by Crippen LogP contribution is -2.32. The minimum Gasteiger partial charge on any atom is -0.310 e. The first-order chi connectivity index (χ1) is 34.2. The first-order valence-electron chi connectivity index (χ1n) is 24.0. The molecule has 320 valence electrons. The van der Waals surface area contributed by atoms with Gasteiger partial charge in [0.2, 0.25) is 0 Å². The molecule has 0 N–H and O–H groups in total. The van der Waals surface area contributed by atoms with Gasteiger partial charge in [0.05, 0.1) is 16.4 Å². The first kappa shape index (κ1) is 38.2. The third-order valence-electron chi connectivity index (χ3n) is 15.3. The van der Waals surface area contributed by atoms with Crippen LogP contribution in [0.1, 0.15) is 22.3 Å². The van der Waals surface area contributed by atoms with Gasteiger partial charge in [-0.1, -0.05) is 200 Å². The second-order valence-corrected chi connectivity index (χ2v) is 18.7. The van der Waals surface area contributed by atoms with Gasteiger partial charge in [-0.05, 0) is 143 Å². The average molecular weight is 875 g/mol. The molecular weight excluding hydrogens is 833 g/mol. The summed E-state index contributed by atoms with van der Waals surface area (Å²) in [5.74, 6) is 0. The third kappa shape index (κ3) is 5.31. The highest BCUT2D eigenvalue weighted by Crippen LogP contribution is 2.64. The van der Waals surface area contributed by atoms with Crippen LogP contribution in [0.25, 0.3) is 93.2 Å². The summed E-state index contributed by atoms with van der Waals surface area (Å²) in [5, 5.41) is 9.96. The van der Waals surface area contributed by atoms with Crippen molar-refractivity contribution in [2.24, 2.45) is 0 Å². The van der Waals surface area contributed by atoms with E-state index >= 15 is 0 Å². The number of hydrogen-bond donors (Lipinski definition) is 0. The summed E-state index contributed by atoms with van der Waals surface area (Å²) in [6.45, 7) is 0. The molecule has 1 heterocycles. The SMILES string of the molecule is c1ccc(-n2c3ccccc3c3ccc(N(c4ccc5c(c4)C4(c6ccccc6-5)c5ccccc5-c5cccc6ccc(-c7cccc8ccccc78)c4c56)c4ccc5ccccc5c4)cc32)cc1. The Bertz CT molecular complexity index is 4270. The summed E-state index contributed by atoms with van der Waals surface area (Å²) in [6.07, 6.45) is 0. The van der Waals surface area contributed by atoms with Crippen molar-refractivity contribution in [3.63, 3.8) is 0 Å². The molecule has 2 aliphatic carbocycles. The van der Waals surface area contributed by atoms with E-state index in [9.17, 15) is 0 Å². The van der Waals surface area contributed by atoms with Gasteiger partial charge in [0.25, 0.3) is 0 Å². The summed E-state index contributed by atoms with van der Waals surface area (Å²) < 4.78 is 2.42. The smallest absolute Gasteiger partial charge is 0.0732 e. The van der Waals surface area contributed by atoms with Crippen LogP contribution in [0.5, 0.6) is 0 Å². The minimum atomic E-state index is -0.655. The standard InChI is InChI=1S/C67H42N2/c1-2-21-47(22-3-1)69-63-31-13-10-26-56(63)57-39-36-50(42-64(57)69)68(48-34-32-43-16-4-5-18-46(43)40-48)49-35-38-55-53-24-8-11-29-60(53)67(62(55)41-49)61-30-12-9-25-54(61)58-28-15-20-45-33-37-59(66(67)65(45)58)52-27-14-19-44-17-6-7-23-51(44)52/h1-42H. The fraction of sp³-hybridized carbons (Fsp3) is 0.0149. The number of aromatic nitrogens is 1. The Morgan fingerprint density at radius 3 is 1.67 bits per heavy atom. The van der Waals surface area contributed by atoms with E-state index in [1.165, 1.54) is 110 Å². The van der Waals surface area contributed by atoms with Gasteiger partial charge in [-0.2, -0.15) is 0 Å². The van der Waals surface area contributed by atoms with Crippen LogP contribution in [-0.4, -0.2) is 4.57 Å². The molecule has 1 unspecified atom stereocenters. The van der Waals surface area contributed by atoms with E-state index in [0.29, 0.717) is 0 Å². The van der Waals surface area contributed by atoms with E-state index in [4.69, 9.17) is 0 Å². The van der Waals surface area contributed by atoms with E-state index in [1.54, 1.807) is 0 Å². The zero-order valence-electron chi connectivity index (χ0n) is 37.6. The second-order valence-electron chi connectivity index (χ2n) is 18.7. The normalized spacial score (nSPS) is 14.4. The van der Waals surface area contributed by atoms with Crippen molar-refractivity contribution in [3.05, 3.63) is 277 Å². The van der Waals surface area contributed by atoms with Crippen LogP contribution in [-0.2, 0) is 5.41 Å². The number of rotatable bonds is 5. The van der Waals surface area contributed by atoms with E-state index in [-0.39, 0.29) is 0 Å². The molecular formula is C67H42N2. The van der Waals surface area contributed by atoms with Crippen LogP contribution in [0.15, 0.2) is 255 Å². The molecule has 0 radical (unpaired) electrons. The molecule has 0 bridgehead atoms. The Hall–Kier alpha value is -8.98. The molecule has 15 rings (SSSR count). The van der Waals surface area contributed by atoms with Crippen molar-refractivity contribution in [2.45, 2.75) is 5.41 Å². The minimum absolute atomic E-state index is 0.655. The third-order valence-corrected chi connectivity index (χ3v) is 15.3.